The van der Waals surface area contributed by atoms with Crippen LogP contribution < -0.4 is 16.4 Å². The number of carbonyl (C=O) groups is 5. The van der Waals surface area contributed by atoms with E-state index in [0.29, 0.717) is 6.42 Å². The molecule has 0 fully saturated rings. The molecule has 0 bridgehead atoms. The number of esters is 2. The van der Waals surface area contributed by atoms with Gasteiger partial charge in [0.2, 0.25) is 17.7 Å². The van der Waals surface area contributed by atoms with E-state index in [9.17, 15) is 24.0 Å². The van der Waals surface area contributed by atoms with Gasteiger partial charge in [-0.2, -0.15) is 0 Å². The predicted molar refractivity (Wildman–Crippen MR) is 99.6 cm³/mol. The summed E-state index contributed by atoms with van der Waals surface area (Å²) < 4.78 is 9.73. The van der Waals surface area contributed by atoms with E-state index >= 15 is 0 Å². The Hall–Kier alpha value is -2.65. The first-order chi connectivity index (χ1) is 13.0. The predicted octanol–water partition coefficient (Wildman–Crippen LogP) is -0.360. The maximum absolute atomic E-state index is 12.6. The minimum atomic E-state index is -1.50. The number of primary amides is 1. The van der Waals surface area contributed by atoms with Crippen molar-refractivity contribution >= 4 is 29.7 Å². The average molecular weight is 401 g/mol. The van der Waals surface area contributed by atoms with Crippen LogP contribution in [0.2, 0.25) is 0 Å². The summed E-state index contributed by atoms with van der Waals surface area (Å²) in [4.78, 5) is 60.1. The first kappa shape index (κ1) is 25.4. The molecule has 0 spiro atoms. The third-order valence-corrected chi connectivity index (χ3v) is 3.69. The summed E-state index contributed by atoms with van der Waals surface area (Å²) in [5.74, 6) is -5.01. The molecule has 10 nitrogen and oxygen atoms in total. The first-order valence-electron chi connectivity index (χ1n) is 9.22. The molecule has 0 heterocycles. The number of hydrogen-bond donors (Lipinski definition) is 3. The summed E-state index contributed by atoms with van der Waals surface area (Å²) in [5, 5.41) is 4.88. The van der Waals surface area contributed by atoms with Crippen molar-refractivity contribution in [2.45, 2.75) is 59.5 Å². The average Bonchev–Trinajstić information content (AvgIpc) is 2.56. The fourth-order valence-corrected chi connectivity index (χ4v) is 2.56. The Bertz CT molecular complexity index is 578. The summed E-state index contributed by atoms with van der Waals surface area (Å²) >= 11 is 0. The van der Waals surface area contributed by atoms with E-state index < -0.39 is 54.1 Å². The quantitative estimate of drug-likeness (QED) is 0.377. The van der Waals surface area contributed by atoms with Crippen LogP contribution in [0.1, 0.15) is 47.5 Å². The number of nitrogens with two attached hydrogens (primary N) is 1. The lowest BCUT2D eigenvalue weighted by Gasteiger charge is -2.26. The highest BCUT2D eigenvalue weighted by Gasteiger charge is 2.38. The number of nitrogens with one attached hydrogen (secondary N) is 2. The van der Waals surface area contributed by atoms with Crippen molar-refractivity contribution in [3.63, 3.8) is 0 Å². The third-order valence-electron chi connectivity index (χ3n) is 3.69. The second kappa shape index (κ2) is 12.7. The normalized spacial score (nSPS) is 13.8. The first-order valence-corrected chi connectivity index (χ1v) is 9.22. The van der Waals surface area contributed by atoms with E-state index in [1.165, 1.54) is 6.92 Å². The fourth-order valence-electron chi connectivity index (χ4n) is 2.56. The number of amides is 3. The maximum Gasteiger partial charge on any atom is 0.312 e. The molecule has 4 N–H and O–H groups in total. The van der Waals surface area contributed by atoms with Gasteiger partial charge in [-0.05, 0) is 26.2 Å². The lowest BCUT2D eigenvalue weighted by atomic mass is 9.94. The molecule has 0 aromatic rings. The van der Waals surface area contributed by atoms with Crippen molar-refractivity contribution in [2.24, 2.45) is 17.6 Å². The van der Waals surface area contributed by atoms with Crippen LogP contribution in [0.15, 0.2) is 0 Å². The Balaban J connectivity index is 5.59. The lowest BCUT2D eigenvalue weighted by Crippen LogP contribution is -2.57. The molecule has 0 saturated carbocycles. The second-order valence-corrected chi connectivity index (χ2v) is 6.64. The monoisotopic (exact) mass is 401 g/mol. The van der Waals surface area contributed by atoms with Gasteiger partial charge in [-0.1, -0.05) is 13.8 Å². The topological polar surface area (TPSA) is 154 Å². The van der Waals surface area contributed by atoms with Crippen LogP contribution in [0.4, 0.5) is 0 Å². The molecule has 0 rings (SSSR count). The van der Waals surface area contributed by atoms with E-state index in [2.05, 4.69) is 10.6 Å². The zero-order valence-electron chi connectivity index (χ0n) is 17.1. The second-order valence-electron chi connectivity index (χ2n) is 6.64. The van der Waals surface area contributed by atoms with E-state index in [4.69, 9.17) is 15.2 Å². The summed E-state index contributed by atoms with van der Waals surface area (Å²) in [5.41, 5.74) is 5.37. The Labute approximate surface area is 164 Å². The van der Waals surface area contributed by atoms with Crippen molar-refractivity contribution in [1.82, 2.24) is 10.6 Å². The van der Waals surface area contributed by atoms with Crippen molar-refractivity contribution < 1.29 is 33.4 Å². The zero-order valence-corrected chi connectivity index (χ0v) is 17.1. The molecule has 0 aliphatic rings. The number of rotatable bonds is 12. The maximum atomic E-state index is 12.6. The van der Waals surface area contributed by atoms with Crippen molar-refractivity contribution in [1.29, 1.82) is 0 Å². The van der Waals surface area contributed by atoms with E-state index in [0.717, 1.165) is 0 Å². The van der Waals surface area contributed by atoms with Gasteiger partial charge in [-0.25, -0.2) is 0 Å². The van der Waals surface area contributed by atoms with Gasteiger partial charge < -0.3 is 25.8 Å². The summed E-state index contributed by atoms with van der Waals surface area (Å²) in [6, 6.07) is -2.43. The molecule has 3 amide bonds. The molecule has 10 heteroatoms. The van der Waals surface area contributed by atoms with E-state index in [-0.39, 0.29) is 19.1 Å². The van der Waals surface area contributed by atoms with Crippen LogP contribution in [0, 0.1) is 11.8 Å². The Morgan fingerprint density at radius 3 is 1.96 bits per heavy atom. The van der Waals surface area contributed by atoms with Crippen molar-refractivity contribution in [3.05, 3.63) is 0 Å². The van der Waals surface area contributed by atoms with Crippen LogP contribution in [-0.4, -0.2) is 55.0 Å². The highest BCUT2D eigenvalue weighted by Crippen LogP contribution is 2.15. The Morgan fingerprint density at radius 1 is 0.964 bits per heavy atom. The lowest BCUT2D eigenvalue weighted by molar-refractivity contribution is -0.157. The van der Waals surface area contributed by atoms with Gasteiger partial charge in [0.1, 0.15) is 12.1 Å². The molecule has 0 aromatic carbocycles. The zero-order chi connectivity index (χ0) is 21.9. The van der Waals surface area contributed by atoms with E-state index in [1.807, 2.05) is 13.8 Å². The number of ether oxygens (including phenoxy) is 2. The Morgan fingerprint density at radius 2 is 1.54 bits per heavy atom. The molecular weight excluding hydrogens is 370 g/mol. The van der Waals surface area contributed by atoms with Gasteiger partial charge in [0, 0.05) is 6.92 Å². The molecule has 0 aliphatic heterocycles. The van der Waals surface area contributed by atoms with Gasteiger partial charge in [0.05, 0.1) is 25.6 Å². The summed E-state index contributed by atoms with van der Waals surface area (Å²) in [6.07, 6.45) is -0.186. The molecule has 0 aromatic heterocycles. The minimum Gasteiger partial charge on any atom is -0.466 e. The molecule has 3 atom stereocenters. The molecule has 0 radical (unpaired) electrons. The van der Waals surface area contributed by atoms with Crippen LogP contribution in [0.25, 0.3) is 0 Å². The van der Waals surface area contributed by atoms with Crippen molar-refractivity contribution in [2.75, 3.05) is 13.2 Å². The number of carbonyl (C=O) groups excluding carboxylic acids is 5. The standard InChI is InChI=1S/C18H31N3O7/c1-6-27-14(23)9-12(18(26)28-7-2)15(16(19)24)21-17(25)13(8-10(3)4)20-11(5)22/h10,12-13,15H,6-9H2,1-5H3,(H2,19,24)(H,20,22)(H,21,25)/t12-,13-,15-/m0/s1. The fraction of sp³-hybridized carbons (Fsp3) is 0.722. The highest BCUT2D eigenvalue weighted by atomic mass is 16.5. The summed E-state index contributed by atoms with van der Waals surface area (Å²) in [7, 11) is 0. The largest absolute Gasteiger partial charge is 0.466 e. The minimum absolute atomic E-state index is 0.0133. The molecule has 28 heavy (non-hydrogen) atoms. The van der Waals surface area contributed by atoms with Crippen LogP contribution in [0.3, 0.4) is 0 Å². The van der Waals surface area contributed by atoms with Crippen LogP contribution >= 0.6 is 0 Å². The molecule has 0 unspecified atom stereocenters. The van der Waals surface area contributed by atoms with Crippen LogP contribution in [0.5, 0.6) is 0 Å². The molecule has 0 saturated heterocycles. The summed E-state index contributed by atoms with van der Waals surface area (Å²) in [6.45, 7) is 8.22. The van der Waals surface area contributed by atoms with Gasteiger partial charge in [-0.3, -0.25) is 24.0 Å². The number of hydrogen-bond acceptors (Lipinski definition) is 7. The third kappa shape index (κ3) is 9.33. The smallest absolute Gasteiger partial charge is 0.312 e. The van der Waals surface area contributed by atoms with E-state index in [1.54, 1.807) is 13.8 Å². The van der Waals surface area contributed by atoms with Gasteiger partial charge >= 0.3 is 11.9 Å². The Kier molecular flexibility index (Phi) is 11.5. The van der Waals surface area contributed by atoms with Crippen LogP contribution in [-0.2, 0) is 33.4 Å². The molecule has 160 valence electrons. The van der Waals surface area contributed by atoms with Gasteiger partial charge in [-0.15, -0.1) is 0 Å². The van der Waals surface area contributed by atoms with Gasteiger partial charge in [0.25, 0.3) is 0 Å². The molecule has 0 aliphatic carbocycles. The highest BCUT2D eigenvalue weighted by molar-refractivity contribution is 5.95. The SMILES string of the molecule is CCOC(=O)C[C@H](C(=O)OCC)[C@H](NC(=O)[C@H](CC(C)C)NC(C)=O)C(N)=O. The van der Waals surface area contributed by atoms with Crippen molar-refractivity contribution in [3.8, 4) is 0 Å². The van der Waals surface area contributed by atoms with Gasteiger partial charge in [0.15, 0.2) is 0 Å². The molecular formula is C18H31N3O7.